The summed E-state index contributed by atoms with van der Waals surface area (Å²) in [5, 5.41) is 0. The fourth-order valence-electron chi connectivity index (χ4n) is 2.01. The summed E-state index contributed by atoms with van der Waals surface area (Å²) in [6.45, 7) is 5.87. The van der Waals surface area contributed by atoms with Crippen molar-refractivity contribution in [1.29, 1.82) is 0 Å². The summed E-state index contributed by atoms with van der Waals surface area (Å²) in [5.41, 5.74) is 0. The monoisotopic (exact) mass is 280 g/mol. The largest absolute Gasteiger partial charge is 0.462 e. The van der Waals surface area contributed by atoms with Crippen LogP contribution in [0, 0.1) is 0 Å². The average Bonchev–Trinajstić information content (AvgIpc) is 2.42. The first-order chi connectivity index (χ1) is 9.70. The van der Waals surface area contributed by atoms with Gasteiger partial charge in [0, 0.05) is 13.3 Å². The average molecular weight is 280 g/mol. The molecule has 0 amide bonds. The van der Waals surface area contributed by atoms with Crippen molar-refractivity contribution in [3.05, 3.63) is 24.3 Å². The van der Waals surface area contributed by atoms with Crippen molar-refractivity contribution in [2.24, 2.45) is 0 Å². The predicted octanol–water partition coefficient (Wildman–Crippen LogP) is 5.58. The SMILES string of the molecule is CCCCC=CCCC=CCC(CCCC)OC(C)=O. The summed E-state index contributed by atoms with van der Waals surface area (Å²) in [7, 11) is 0. The van der Waals surface area contributed by atoms with Crippen LogP contribution in [0.2, 0.25) is 0 Å². The maximum absolute atomic E-state index is 11.0. The third-order valence-electron chi connectivity index (χ3n) is 3.17. The normalized spacial score (nSPS) is 13.2. The molecule has 0 rings (SSSR count). The van der Waals surface area contributed by atoms with Crippen molar-refractivity contribution >= 4 is 5.97 Å². The Balaban J connectivity index is 3.75. The van der Waals surface area contributed by atoms with Gasteiger partial charge in [0.1, 0.15) is 6.10 Å². The summed E-state index contributed by atoms with van der Waals surface area (Å²) in [6, 6.07) is 0. The van der Waals surface area contributed by atoms with E-state index in [1.54, 1.807) is 0 Å². The first kappa shape index (κ1) is 18.9. The van der Waals surface area contributed by atoms with Gasteiger partial charge in [0.2, 0.25) is 0 Å². The number of hydrogen-bond donors (Lipinski definition) is 0. The molecule has 20 heavy (non-hydrogen) atoms. The van der Waals surface area contributed by atoms with E-state index in [2.05, 4.69) is 38.2 Å². The molecule has 0 radical (unpaired) electrons. The molecule has 0 aromatic carbocycles. The molecule has 0 heterocycles. The fraction of sp³-hybridized carbons (Fsp3) is 0.722. The van der Waals surface area contributed by atoms with Gasteiger partial charge in [-0.25, -0.2) is 0 Å². The van der Waals surface area contributed by atoms with Gasteiger partial charge < -0.3 is 4.74 Å². The van der Waals surface area contributed by atoms with E-state index >= 15 is 0 Å². The molecular formula is C18H32O2. The second-order valence-corrected chi connectivity index (χ2v) is 5.27. The lowest BCUT2D eigenvalue weighted by molar-refractivity contribution is -0.146. The first-order valence-corrected chi connectivity index (χ1v) is 8.17. The first-order valence-electron chi connectivity index (χ1n) is 8.17. The number of esters is 1. The van der Waals surface area contributed by atoms with E-state index in [1.165, 1.54) is 26.2 Å². The van der Waals surface area contributed by atoms with Gasteiger partial charge in [-0.15, -0.1) is 0 Å². The molecule has 1 unspecified atom stereocenters. The molecule has 0 aliphatic carbocycles. The topological polar surface area (TPSA) is 26.3 Å². The van der Waals surface area contributed by atoms with E-state index in [1.807, 2.05) is 0 Å². The molecule has 0 aromatic rings. The Kier molecular flexibility index (Phi) is 13.6. The minimum Gasteiger partial charge on any atom is -0.462 e. The van der Waals surface area contributed by atoms with Gasteiger partial charge in [-0.2, -0.15) is 0 Å². The van der Waals surface area contributed by atoms with Crippen LogP contribution in [0.25, 0.3) is 0 Å². The zero-order valence-corrected chi connectivity index (χ0v) is 13.6. The van der Waals surface area contributed by atoms with E-state index in [4.69, 9.17) is 4.74 Å². The van der Waals surface area contributed by atoms with E-state index < -0.39 is 0 Å². The molecular weight excluding hydrogens is 248 g/mol. The third-order valence-corrected chi connectivity index (χ3v) is 3.17. The molecule has 0 saturated heterocycles. The Morgan fingerprint density at radius 3 is 2.15 bits per heavy atom. The second kappa shape index (κ2) is 14.4. The van der Waals surface area contributed by atoms with Crippen molar-refractivity contribution in [3.63, 3.8) is 0 Å². The zero-order valence-electron chi connectivity index (χ0n) is 13.6. The molecule has 0 aromatic heterocycles. The summed E-state index contributed by atoms with van der Waals surface area (Å²) < 4.78 is 5.32. The Morgan fingerprint density at radius 1 is 0.950 bits per heavy atom. The maximum Gasteiger partial charge on any atom is 0.302 e. The fourth-order valence-corrected chi connectivity index (χ4v) is 2.01. The molecule has 0 bridgehead atoms. The summed E-state index contributed by atoms with van der Waals surface area (Å²) in [6.07, 6.45) is 19.0. The standard InChI is InChI=1S/C18H32O2/c1-4-6-8-9-10-11-12-13-14-16-18(15-7-5-2)20-17(3)19/h9-10,13-14,18H,4-8,11-12,15-16H2,1-3H3. The van der Waals surface area contributed by atoms with Gasteiger partial charge in [-0.1, -0.05) is 63.8 Å². The molecule has 0 spiro atoms. The van der Waals surface area contributed by atoms with Crippen molar-refractivity contribution in [2.75, 3.05) is 0 Å². The lowest BCUT2D eigenvalue weighted by Crippen LogP contribution is -2.15. The van der Waals surface area contributed by atoms with Gasteiger partial charge in [-0.3, -0.25) is 4.79 Å². The molecule has 0 N–H and O–H groups in total. The molecule has 0 aliphatic rings. The lowest BCUT2D eigenvalue weighted by Gasteiger charge is -2.14. The van der Waals surface area contributed by atoms with Gasteiger partial charge in [0.05, 0.1) is 0 Å². The number of allylic oxidation sites excluding steroid dienone is 3. The smallest absolute Gasteiger partial charge is 0.302 e. The predicted molar refractivity (Wildman–Crippen MR) is 86.7 cm³/mol. The van der Waals surface area contributed by atoms with E-state index in [0.717, 1.165) is 38.5 Å². The molecule has 0 fully saturated rings. The van der Waals surface area contributed by atoms with Crippen LogP contribution in [0.15, 0.2) is 24.3 Å². The molecule has 116 valence electrons. The highest BCUT2D eigenvalue weighted by molar-refractivity contribution is 5.66. The van der Waals surface area contributed by atoms with Crippen LogP contribution in [-0.4, -0.2) is 12.1 Å². The quantitative estimate of drug-likeness (QED) is 0.265. The van der Waals surface area contributed by atoms with Crippen molar-refractivity contribution in [2.45, 2.75) is 84.7 Å². The van der Waals surface area contributed by atoms with E-state index in [9.17, 15) is 4.79 Å². The summed E-state index contributed by atoms with van der Waals surface area (Å²) in [5.74, 6) is -0.168. The number of hydrogen-bond acceptors (Lipinski definition) is 2. The van der Waals surface area contributed by atoms with Crippen LogP contribution in [0.1, 0.15) is 78.6 Å². The second-order valence-electron chi connectivity index (χ2n) is 5.27. The Labute approximate surface area is 125 Å². The molecule has 2 nitrogen and oxygen atoms in total. The minimum absolute atomic E-state index is 0.0591. The van der Waals surface area contributed by atoms with E-state index in [0.29, 0.717) is 0 Å². The number of rotatable bonds is 12. The van der Waals surface area contributed by atoms with Gasteiger partial charge in [0.25, 0.3) is 0 Å². The van der Waals surface area contributed by atoms with Crippen LogP contribution in [-0.2, 0) is 9.53 Å². The van der Waals surface area contributed by atoms with Crippen molar-refractivity contribution < 1.29 is 9.53 Å². The molecule has 0 saturated carbocycles. The summed E-state index contributed by atoms with van der Waals surface area (Å²) in [4.78, 5) is 11.0. The Morgan fingerprint density at radius 2 is 1.55 bits per heavy atom. The highest BCUT2D eigenvalue weighted by Crippen LogP contribution is 2.10. The highest BCUT2D eigenvalue weighted by atomic mass is 16.5. The van der Waals surface area contributed by atoms with Crippen LogP contribution >= 0.6 is 0 Å². The van der Waals surface area contributed by atoms with Crippen LogP contribution in [0.3, 0.4) is 0 Å². The number of unbranched alkanes of at least 4 members (excludes halogenated alkanes) is 4. The van der Waals surface area contributed by atoms with Crippen LogP contribution < -0.4 is 0 Å². The Hall–Kier alpha value is -1.05. The van der Waals surface area contributed by atoms with Crippen LogP contribution in [0.5, 0.6) is 0 Å². The maximum atomic E-state index is 11.0. The van der Waals surface area contributed by atoms with Crippen LogP contribution in [0.4, 0.5) is 0 Å². The van der Waals surface area contributed by atoms with Gasteiger partial charge in [-0.05, 0) is 25.7 Å². The number of carbonyl (C=O) groups is 1. The summed E-state index contributed by atoms with van der Waals surface area (Å²) >= 11 is 0. The molecule has 0 aliphatic heterocycles. The lowest BCUT2D eigenvalue weighted by atomic mass is 10.1. The Bertz CT molecular complexity index is 279. The molecule has 1 atom stereocenters. The minimum atomic E-state index is -0.168. The van der Waals surface area contributed by atoms with Crippen molar-refractivity contribution in [3.8, 4) is 0 Å². The zero-order chi connectivity index (χ0) is 15.1. The van der Waals surface area contributed by atoms with E-state index in [-0.39, 0.29) is 12.1 Å². The van der Waals surface area contributed by atoms with Crippen molar-refractivity contribution in [1.82, 2.24) is 0 Å². The number of carbonyl (C=O) groups excluding carboxylic acids is 1. The third kappa shape index (κ3) is 13.4. The highest BCUT2D eigenvalue weighted by Gasteiger charge is 2.08. The van der Waals surface area contributed by atoms with Gasteiger partial charge >= 0.3 is 5.97 Å². The van der Waals surface area contributed by atoms with Gasteiger partial charge in [0.15, 0.2) is 0 Å². The molecule has 2 heteroatoms. The number of ether oxygens (including phenoxy) is 1.